The van der Waals surface area contributed by atoms with Crippen LogP contribution in [0.15, 0.2) is 122 Å². The van der Waals surface area contributed by atoms with Crippen LogP contribution in [0.1, 0.15) is 239 Å². The molecule has 0 fully saturated rings. The summed E-state index contributed by atoms with van der Waals surface area (Å²) in [7, 11) is 0. The Bertz CT molecular complexity index is 1470. The molecule has 0 rings (SSSR count). The molecule has 6 nitrogen and oxygen atoms in total. The van der Waals surface area contributed by atoms with E-state index in [4.69, 9.17) is 14.2 Å². The van der Waals surface area contributed by atoms with E-state index in [1.54, 1.807) is 0 Å². The lowest BCUT2D eigenvalue weighted by Gasteiger charge is -2.18. The van der Waals surface area contributed by atoms with E-state index in [9.17, 15) is 14.4 Å². The Morgan fingerprint density at radius 1 is 0.304 bits per heavy atom. The maximum Gasteiger partial charge on any atom is 0.306 e. The van der Waals surface area contributed by atoms with E-state index >= 15 is 0 Å². The number of unbranched alkanes of at least 4 members (excludes halogenated alkanes) is 25. The molecular formula is C63H102O6. The Morgan fingerprint density at radius 2 is 0.565 bits per heavy atom. The van der Waals surface area contributed by atoms with Crippen molar-refractivity contribution >= 4 is 17.9 Å². The van der Waals surface area contributed by atoms with E-state index in [2.05, 4.69) is 124 Å². The normalized spacial score (nSPS) is 13.0. The van der Waals surface area contributed by atoms with E-state index in [1.165, 1.54) is 70.6 Å². The maximum atomic E-state index is 12.9. The van der Waals surface area contributed by atoms with Crippen molar-refractivity contribution in [3.8, 4) is 0 Å². The van der Waals surface area contributed by atoms with E-state index in [1.807, 2.05) is 18.2 Å². The number of hydrogen-bond acceptors (Lipinski definition) is 6. The van der Waals surface area contributed by atoms with Gasteiger partial charge in [0.15, 0.2) is 6.10 Å². The first-order chi connectivity index (χ1) is 34.0. The maximum absolute atomic E-state index is 12.9. The second-order valence-electron chi connectivity index (χ2n) is 18.3. The molecule has 0 radical (unpaired) electrons. The highest BCUT2D eigenvalue weighted by Gasteiger charge is 2.19. The third-order valence-electron chi connectivity index (χ3n) is 11.6. The molecule has 1 unspecified atom stereocenters. The van der Waals surface area contributed by atoms with E-state index in [0.29, 0.717) is 19.3 Å². The summed E-state index contributed by atoms with van der Waals surface area (Å²) >= 11 is 0. The van der Waals surface area contributed by atoms with Gasteiger partial charge in [0, 0.05) is 19.3 Å². The number of carbonyl (C=O) groups is 3. The standard InChI is InChI=1S/C63H102O6/c1-4-7-10-13-16-19-22-25-28-30-32-35-38-41-44-47-50-53-56-62(65)68-59-60(58-67-61(64)55-52-49-46-43-40-37-34-27-24-21-18-15-12-9-6-3)69-63(66)57-54-51-48-45-42-39-36-33-31-29-26-23-20-17-14-11-8-5-2/h9,12,15-16,18-19,21-22,24-25,27-36,60H,4-8,10-11,13-14,17,20,23,26,37-59H2,1-3H3/b12-9-,18-15-,19-16-,24-21-,25-22-,30-28-,31-29-,34-27-,35-32-,36-33-. The van der Waals surface area contributed by atoms with E-state index in [-0.39, 0.29) is 31.1 Å². The van der Waals surface area contributed by atoms with Gasteiger partial charge in [-0.2, -0.15) is 0 Å². The van der Waals surface area contributed by atoms with Gasteiger partial charge in [-0.25, -0.2) is 0 Å². The fraction of sp³-hybridized carbons (Fsp3) is 0.635. The zero-order valence-corrected chi connectivity index (χ0v) is 44.5. The summed E-state index contributed by atoms with van der Waals surface area (Å²) in [6.45, 7) is 6.40. The van der Waals surface area contributed by atoms with Gasteiger partial charge in [0.05, 0.1) is 0 Å². The Labute approximate surface area is 424 Å². The molecular weight excluding hydrogens is 853 g/mol. The Hall–Kier alpha value is -4.19. The lowest BCUT2D eigenvalue weighted by atomic mass is 10.1. The van der Waals surface area contributed by atoms with Crippen LogP contribution in [0.4, 0.5) is 0 Å². The molecule has 0 aliphatic heterocycles. The molecule has 0 saturated heterocycles. The molecule has 0 aliphatic carbocycles. The van der Waals surface area contributed by atoms with E-state index < -0.39 is 6.10 Å². The topological polar surface area (TPSA) is 78.9 Å². The third kappa shape index (κ3) is 54.6. The summed E-state index contributed by atoms with van der Waals surface area (Å²) in [4.78, 5) is 38.1. The van der Waals surface area contributed by atoms with Crippen molar-refractivity contribution in [2.24, 2.45) is 0 Å². The van der Waals surface area contributed by atoms with Crippen LogP contribution in [0.5, 0.6) is 0 Å². The average molecular weight is 956 g/mol. The predicted molar refractivity (Wildman–Crippen MR) is 297 cm³/mol. The van der Waals surface area contributed by atoms with Crippen LogP contribution in [0.25, 0.3) is 0 Å². The highest BCUT2D eigenvalue weighted by atomic mass is 16.6. The molecule has 0 aliphatic rings. The monoisotopic (exact) mass is 955 g/mol. The van der Waals surface area contributed by atoms with Crippen LogP contribution in [-0.2, 0) is 28.6 Å². The van der Waals surface area contributed by atoms with Gasteiger partial charge in [-0.1, -0.05) is 251 Å². The quantitative estimate of drug-likeness (QED) is 0.0262. The van der Waals surface area contributed by atoms with Gasteiger partial charge in [-0.15, -0.1) is 0 Å². The number of esters is 3. The number of carbonyl (C=O) groups excluding carboxylic acids is 3. The molecule has 69 heavy (non-hydrogen) atoms. The molecule has 0 bridgehead atoms. The highest BCUT2D eigenvalue weighted by molar-refractivity contribution is 5.71. The zero-order chi connectivity index (χ0) is 50.0. The van der Waals surface area contributed by atoms with Gasteiger partial charge in [0.1, 0.15) is 13.2 Å². The Morgan fingerprint density at radius 3 is 0.928 bits per heavy atom. The lowest BCUT2D eigenvalue weighted by molar-refractivity contribution is -0.167. The Kier molecular flexibility index (Phi) is 53.0. The molecule has 0 aromatic carbocycles. The van der Waals surface area contributed by atoms with Crippen LogP contribution >= 0.6 is 0 Å². The van der Waals surface area contributed by atoms with Crippen molar-refractivity contribution in [1.29, 1.82) is 0 Å². The van der Waals surface area contributed by atoms with Crippen LogP contribution in [0.2, 0.25) is 0 Å². The fourth-order valence-electron chi connectivity index (χ4n) is 7.40. The number of hydrogen-bond donors (Lipinski definition) is 0. The molecule has 0 heterocycles. The minimum Gasteiger partial charge on any atom is -0.462 e. The molecule has 1 atom stereocenters. The van der Waals surface area contributed by atoms with Crippen molar-refractivity contribution in [2.45, 2.75) is 245 Å². The van der Waals surface area contributed by atoms with Crippen molar-refractivity contribution < 1.29 is 28.6 Å². The first-order valence-electron chi connectivity index (χ1n) is 28.2. The molecule has 0 aromatic heterocycles. The van der Waals surface area contributed by atoms with Crippen molar-refractivity contribution in [1.82, 2.24) is 0 Å². The summed E-state index contributed by atoms with van der Waals surface area (Å²) in [5, 5.41) is 0. The van der Waals surface area contributed by atoms with Crippen molar-refractivity contribution in [3.63, 3.8) is 0 Å². The fourth-order valence-corrected chi connectivity index (χ4v) is 7.40. The summed E-state index contributed by atoms with van der Waals surface area (Å²) in [5.74, 6) is -0.970. The van der Waals surface area contributed by atoms with Gasteiger partial charge < -0.3 is 14.2 Å². The summed E-state index contributed by atoms with van der Waals surface area (Å²) < 4.78 is 16.8. The molecule has 0 spiro atoms. The minimum atomic E-state index is -0.810. The minimum absolute atomic E-state index is 0.108. The average Bonchev–Trinajstić information content (AvgIpc) is 3.35. The van der Waals surface area contributed by atoms with Crippen molar-refractivity contribution in [2.75, 3.05) is 13.2 Å². The number of rotatable bonds is 49. The van der Waals surface area contributed by atoms with Crippen molar-refractivity contribution in [3.05, 3.63) is 122 Å². The molecule has 390 valence electrons. The van der Waals surface area contributed by atoms with Gasteiger partial charge in [0.25, 0.3) is 0 Å². The SMILES string of the molecule is CC\C=C/C=C\C=C/C=C\CCCCCCCC(=O)OCC(COC(=O)CCCCCCC\C=C/C=C\C=C/C=C\CCCCC)OC(=O)CCCCCCC/C=C\C=C/CCCCCCCCC. The Balaban J connectivity index is 4.53. The van der Waals surface area contributed by atoms with Gasteiger partial charge >= 0.3 is 17.9 Å². The number of ether oxygens (including phenoxy) is 3. The summed E-state index contributed by atoms with van der Waals surface area (Å²) in [6.07, 6.45) is 77.5. The highest BCUT2D eigenvalue weighted by Crippen LogP contribution is 2.14. The summed E-state index contributed by atoms with van der Waals surface area (Å²) in [6, 6.07) is 0. The third-order valence-corrected chi connectivity index (χ3v) is 11.6. The number of allylic oxidation sites excluding steroid dienone is 20. The van der Waals surface area contributed by atoms with E-state index in [0.717, 1.165) is 128 Å². The zero-order valence-electron chi connectivity index (χ0n) is 44.5. The van der Waals surface area contributed by atoms with Crippen LogP contribution in [0.3, 0.4) is 0 Å². The molecule has 0 saturated carbocycles. The molecule has 6 heteroatoms. The lowest BCUT2D eigenvalue weighted by Crippen LogP contribution is -2.30. The predicted octanol–water partition coefficient (Wildman–Crippen LogP) is 18.9. The van der Waals surface area contributed by atoms with Gasteiger partial charge in [-0.05, 0) is 89.9 Å². The van der Waals surface area contributed by atoms with Crippen LogP contribution in [0, 0.1) is 0 Å². The first-order valence-corrected chi connectivity index (χ1v) is 28.2. The van der Waals surface area contributed by atoms with Crippen LogP contribution in [-0.4, -0.2) is 37.2 Å². The van der Waals surface area contributed by atoms with Gasteiger partial charge in [-0.3, -0.25) is 14.4 Å². The smallest absolute Gasteiger partial charge is 0.306 e. The van der Waals surface area contributed by atoms with Gasteiger partial charge in [0.2, 0.25) is 0 Å². The summed E-state index contributed by atoms with van der Waals surface area (Å²) in [5.41, 5.74) is 0. The second kappa shape index (κ2) is 56.4. The largest absolute Gasteiger partial charge is 0.462 e. The molecule has 0 aromatic rings. The first kappa shape index (κ1) is 64.8. The van der Waals surface area contributed by atoms with Crippen LogP contribution < -0.4 is 0 Å². The second-order valence-corrected chi connectivity index (χ2v) is 18.3. The molecule has 0 N–H and O–H groups in total. The molecule has 0 amide bonds.